The van der Waals surface area contributed by atoms with Gasteiger partial charge in [-0.2, -0.15) is 0 Å². The van der Waals surface area contributed by atoms with Crippen LogP contribution in [0, 0.1) is 0 Å². The van der Waals surface area contributed by atoms with Crippen LogP contribution in [0.3, 0.4) is 0 Å². The number of ether oxygens (including phenoxy) is 1. The average molecular weight is 286 g/mol. The molecule has 95 valence electrons. The molecule has 0 aromatic rings. The van der Waals surface area contributed by atoms with Gasteiger partial charge in [-0.05, 0) is 0 Å². The molecule has 0 aliphatic carbocycles. The van der Waals surface area contributed by atoms with Gasteiger partial charge in [0.05, 0.1) is 0 Å². The zero-order chi connectivity index (χ0) is 13.1. The Morgan fingerprint density at radius 2 is 1.19 bits per heavy atom. The predicted molar refractivity (Wildman–Crippen MR) is 41.2 cm³/mol. The normalized spacial score (nSPS) is 11.3. The van der Waals surface area contributed by atoms with E-state index in [-0.39, 0.29) is 0 Å². The Morgan fingerprint density at radius 3 is 1.38 bits per heavy atom. The summed E-state index contributed by atoms with van der Waals surface area (Å²) >= 11 is -4.79. The minimum absolute atomic E-state index is 0.701. The van der Waals surface area contributed by atoms with E-state index in [0.29, 0.717) is 6.92 Å². The Bertz CT molecular complexity index is 347. The van der Waals surface area contributed by atoms with Crippen molar-refractivity contribution in [1.29, 1.82) is 0 Å². The molecule has 0 unspecified atom stereocenters. The van der Waals surface area contributed by atoms with Crippen LogP contribution in [0.25, 0.3) is 0 Å². The van der Waals surface area contributed by atoms with Crippen molar-refractivity contribution in [2.45, 2.75) is 6.92 Å². The van der Waals surface area contributed by atoms with Crippen molar-refractivity contribution >= 4 is 25.4 Å². The third kappa shape index (κ3) is 2.18. The van der Waals surface area contributed by atoms with Gasteiger partial charge in [0, 0.05) is 0 Å². The molecular weight excluding hydrogens is 280 g/mol. The Kier molecular flexibility index (Phi) is 4.16. The molecule has 9 nitrogen and oxygen atoms in total. The summed E-state index contributed by atoms with van der Waals surface area (Å²) in [5.74, 6) is -1.30. The fourth-order valence-corrected chi connectivity index (χ4v) is 1.76. The van der Waals surface area contributed by atoms with E-state index < -0.39 is 38.3 Å². The van der Waals surface area contributed by atoms with E-state index in [1.165, 1.54) is 0 Å². The maximum atomic E-state index is 11.0. The molecule has 0 spiro atoms. The van der Waals surface area contributed by atoms with E-state index in [4.69, 9.17) is 15.3 Å². The van der Waals surface area contributed by atoms with Crippen molar-refractivity contribution in [2.75, 3.05) is 0 Å². The quantitative estimate of drug-likeness (QED) is 0.387. The van der Waals surface area contributed by atoms with Gasteiger partial charge in [0.1, 0.15) is 0 Å². The van der Waals surface area contributed by atoms with E-state index in [2.05, 4.69) is 4.74 Å². The Balaban J connectivity index is 5.63. The van der Waals surface area contributed by atoms with Crippen LogP contribution in [0.1, 0.15) is 6.92 Å². The van der Waals surface area contributed by atoms with Crippen LogP contribution in [0.4, 0.5) is 19.2 Å². The second kappa shape index (κ2) is 4.73. The van der Waals surface area contributed by atoms with Gasteiger partial charge in [0.25, 0.3) is 0 Å². The molecule has 0 aliphatic heterocycles. The molecule has 0 amide bonds. The molecule has 0 atom stereocenters. The molecule has 0 radical (unpaired) electrons. The molecule has 0 rings (SSSR count). The van der Waals surface area contributed by atoms with Crippen molar-refractivity contribution in [3.8, 4) is 0 Å². The van der Waals surface area contributed by atoms with Crippen LogP contribution in [0.2, 0.25) is 0 Å². The zero-order valence-corrected chi connectivity index (χ0v) is 8.53. The molecule has 10 heteroatoms. The number of hydrogen-bond donors (Lipinski definition) is 3. The van der Waals surface area contributed by atoms with Crippen molar-refractivity contribution in [1.82, 2.24) is 0 Å². The van der Waals surface area contributed by atoms with Crippen molar-refractivity contribution < 1.29 is 56.9 Å². The number of hydrogen-bond acceptors (Lipinski definition) is 6. The summed E-state index contributed by atoms with van der Waals surface area (Å²) in [6, 6.07) is 0. The molecule has 0 aromatic heterocycles. The van der Waals surface area contributed by atoms with Crippen molar-refractivity contribution in [3.63, 3.8) is 0 Å². The predicted octanol–water partition coefficient (Wildman–Crippen LogP) is 0.857. The topological polar surface area (TPSA) is 155 Å². The van der Waals surface area contributed by atoms with E-state index in [1.807, 2.05) is 0 Å². The van der Waals surface area contributed by atoms with E-state index in [1.54, 1.807) is 0 Å². The second-order valence-corrected chi connectivity index (χ2v) is 4.92. The monoisotopic (exact) mass is 285 g/mol. The molecule has 0 aliphatic rings. The molecular formula is C6H6CuO9. The zero-order valence-electron chi connectivity index (χ0n) is 7.59. The van der Waals surface area contributed by atoms with Gasteiger partial charge in [0.2, 0.25) is 0 Å². The summed E-state index contributed by atoms with van der Waals surface area (Å²) in [6.07, 6.45) is 0. The van der Waals surface area contributed by atoms with Gasteiger partial charge < -0.3 is 0 Å². The third-order valence-electron chi connectivity index (χ3n) is 0.981. The van der Waals surface area contributed by atoms with E-state index >= 15 is 0 Å². The molecule has 0 bridgehead atoms. The summed E-state index contributed by atoms with van der Waals surface area (Å²) in [7, 11) is 0. The van der Waals surface area contributed by atoms with E-state index in [9.17, 15) is 24.0 Å². The molecule has 0 saturated carbocycles. The molecule has 0 saturated heterocycles. The average Bonchev–Trinajstić information content (AvgIpc) is 1.99. The fourth-order valence-electron chi connectivity index (χ4n) is 0.472. The Labute approximate surface area is 89.8 Å². The summed E-state index contributed by atoms with van der Waals surface area (Å²) < 4.78 is 3.71. The summed E-state index contributed by atoms with van der Waals surface area (Å²) in [6.45, 7) is 0.701. The maximum absolute atomic E-state index is 11.0. The number of carboxylic acid groups (broad SMARTS) is 3. The first kappa shape index (κ1) is 14.1. The summed E-state index contributed by atoms with van der Waals surface area (Å²) in [5.41, 5.74) is 0. The van der Waals surface area contributed by atoms with Crippen LogP contribution in [-0.4, -0.2) is 40.8 Å². The first-order chi connectivity index (χ1) is 7.17. The standard InChI is InChI=1S/C3H3O3.3CHO2.Cu/c1-3(5)6-2-4;3*2-1-3;/h1H3;3*(H,2,3);. The SMILES string of the molecule is CC(=O)O[C](=O)[Cu]([C](=O)O)([C](=O)O)[C](=O)O. The van der Waals surface area contributed by atoms with Crippen LogP contribution in [-0.2, 0) is 22.4 Å². The van der Waals surface area contributed by atoms with Crippen LogP contribution in [0.15, 0.2) is 0 Å². The molecule has 0 fully saturated rings. The third-order valence-corrected chi connectivity index (χ3v) is 3.47. The first-order valence-corrected chi connectivity index (χ1v) is 5.09. The van der Waals surface area contributed by atoms with Gasteiger partial charge in [-0.15, -0.1) is 0 Å². The fraction of sp³-hybridized carbons (Fsp3) is 0.167. The van der Waals surface area contributed by atoms with Crippen LogP contribution in [0.5, 0.6) is 0 Å². The molecule has 3 N–H and O–H groups in total. The van der Waals surface area contributed by atoms with Crippen LogP contribution >= 0.6 is 0 Å². The van der Waals surface area contributed by atoms with Crippen LogP contribution < -0.4 is 0 Å². The Hall–Kier alpha value is -1.93. The number of esters is 1. The molecule has 16 heavy (non-hydrogen) atoms. The Morgan fingerprint density at radius 1 is 0.875 bits per heavy atom. The summed E-state index contributed by atoms with van der Waals surface area (Å²) in [4.78, 5) is 43.9. The number of carbonyl (C=O) groups is 5. The number of carbonyl (C=O) groups excluding carboxylic acids is 2. The van der Waals surface area contributed by atoms with Gasteiger partial charge in [-0.25, -0.2) is 0 Å². The molecule has 0 heterocycles. The van der Waals surface area contributed by atoms with Crippen molar-refractivity contribution in [3.05, 3.63) is 0 Å². The van der Waals surface area contributed by atoms with Gasteiger partial charge >= 0.3 is 89.2 Å². The molecule has 0 aromatic carbocycles. The van der Waals surface area contributed by atoms with E-state index in [0.717, 1.165) is 0 Å². The number of rotatable bonds is 4. The van der Waals surface area contributed by atoms with Gasteiger partial charge in [-0.3, -0.25) is 0 Å². The van der Waals surface area contributed by atoms with Gasteiger partial charge in [-0.1, -0.05) is 0 Å². The summed E-state index contributed by atoms with van der Waals surface area (Å²) in [5, 5.41) is 25.5. The second-order valence-electron chi connectivity index (χ2n) is 1.91. The van der Waals surface area contributed by atoms with Crippen molar-refractivity contribution in [2.24, 2.45) is 0 Å². The first-order valence-electron chi connectivity index (χ1n) is 3.20. The minimum atomic E-state index is -4.79. The van der Waals surface area contributed by atoms with Gasteiger partial charge in [0.15, 0.2) is 0 Å².